The predicted molar refractivity (Wildman–Crippen MR) is 79.5 cm³/mol. The van der Waals surface area contributed by atoms with E-state index in [1.165, 1.54) is 27.5 Å². The second-order valence-electron chi connectivity index (χ2n) is 4.95. The van der Waals surface area contributed by atoms with Crippen molar-refractivity contribution in [2.24, 2.45) is 5.92 Å². The molecular formula is C18H20Cl2Ti. The van der Waals surface area contributed by atoms with E-state index in [0.717, 1.165) is 0 Å². The third-order valence-corrected chi connectivity index (χ3v) is 3.78. The van der Waals surface area contributed by atoms with Crippen LogP contribution in [0.15, 0.2) is 59.2 Å². The van der Waals surface area contributed by atoms with Crippen LogP contribution in [0, 0.1) is 12.0 Å². The number of halogens is 2. The van der Waals surface area contributed by atoms with E-state index in [2.05, 4.69) is 76.2 Å². The number of allylic oxidation sites excluding steroid dienone is 4. The van der Waals surface area contributed by atoms with Crippen LogP contribution in [0.5, 0.6) is 0 Å². The second-order valence-corrected chi connectivity index (χ2v) is 4.95. The number of hydrogen-bond donors (Lipinski definition) is 0. The molecule has 110 valence electrons. The quantitative estimate of drug-likeness (QED) is 0.433. The van der Waals surface area contributed by atoms with Crippen LogP contribution in [-0.4, -0.2) is 0 Å². The van der Waals surface area contributed by atoms with E-state index in [0.29, 0.717) is 5.92 Å². The molecular weight excluding hydrogens is 335 g/mol. The fraction of sp³-hybridized carbons (Fsp3) is 0.278. The van der Waals surface area contributed by atoms with Gasteiger partial charge in [-0.25, -0.2) is 5.57 Å². The molecule has 0 aliphatic heterocycles. The van der Waals surface area contributed by atoms with Crippen molar-refractivity contribution in [1.82, 2.24) is 0 Å². The summed E-state index contributed by atoms with van der Waals surface area (Å²) < 4.78 is 0. The van der Waals surface area contributed by atoms with Gasteiger partial charge in [0, 0.05) is 0 Å². The number of benzene rings is 1. The maximum absolute atomic E-state index is 3.36. The third kappa shape index (κ3) is 5.72. The van der Waals surface area contributed by atoms with Crippen LogP contribution in [0.1, 0.15) is 27.7 Å². The van der Waals surface area contributed by atoms with Gasteiger partial charge in [0.25, 0.3) is 0 Å². The standard InChI is InChI=1S/C9H7.C9H13.2ClH.Ti/c1-2-5-9-7-3-6-8(9)4-1;1-6-5-7(2)9(4)8(6)3;;;/h1-7H;6H,1-4H3;2*1H;/q2*-1;;;+4/p-2. The van der Waals surface area contributed by atoms with Crippen molar-refractivity contribution in [3.05, 3.63) is 65.3 Å². The predicted octanol–water partition coefficient (Wildman–Crippen LogP) is -0.714. The molecule has 0 heterocycles. The third-order valence-electron chi connectivity index (χ3n) is 3.78. The molecule has 0 saturated heterocycles. The van der Waals surface area contributed by atoms with E-state index in [4.69, 9.17) is 0 Å². The van der Waals surface area contributed by atoms with Crippen LogP contribution in [0.4, 0.5) is 0 Å². The minimum Gasteiger partial charge on any atom is -1.00 e. The first-order chi connectivity index (χ1) is 8.59. The molecule has 1 atom stereocenters. The summed E-state index contributed by atoms with van der Waals surface area (Å²) in [6, 6.07) is 14.7. The monoisotopic (exact) mass is 354 g/mol. The Bertz CT molecular complexity index is 578. The molecule has 0 amide bonds. The van der Waals surface area contributed by atoms with Crippen molar-refractivity contribution in [3.63, 3.8) is 0 Å². The van der Waals surface area contributed by atoms with Crippen molar-refractivity contribution in [1.29, 1.82) is 0 Å². The summed E-state index contributed by atoms with van der Waals surface area (Å²) in [6.45, 7) is 8.67. The normalized spacial score (nSPS) is 16.0. The fourth-order valence-electron chi connectivity index (χ4n) is 2.23. The van der Waals surface area contributed by atoms with Crippen molar-refractivity contribution < 1.29 is 46.5 Å². The van der Waals surface area contributed by atoms with Gasteiger partial charge in [-0.05, 0) is 0 Å². The molecule has 0 nitrogen and oxygen atoms in total. The summed E-state index contributed by atoms with van der Waals surface area (Å²) in [5.41, 5.74) is 4.25. The Hall–Kier alpha value is -0.396. The van der Waals surface area contributed by atoms with E-state index in [1.54, 1.807) is 0 Å². The van der Waals surface area contributed by atoms with E-state index in [1.807, 2.05) is 0 Å². The second kappa shape index (κ2) is 10.4. The van der Waals surface area contributed by atoms with E-state index in [-0.39, 0.29) is 46.5 Å². The average Bonchev–Trinajstić information content (AvgIpc) is 2.92. The Morgan fingerprint density at radius 1 is 1.00 bits per heavy atom. The summed E-state index contributed by atoms with van der Waals surface area (Å²) >= 11 is 0. The summed E-state index contributed by atoms with van der Waals surface area (Å²) in [7, 11) is 0. The molecule has 1 aliphatic rings. The molecule has 3 rings (SSSR count). The Kier molecular flexibility index (Phi) is 11.3. The van der Waals surface area contributed by atoms with Gasteiger partial charge in [0.15, 0.2) is 0 Å². The van der Waals surface area contributed by atoms with Crippen LogP contribution in [0.25, 0.3) is 10.8 Å². The first kappa shape index (κ1) is 22.9. The molecule has 1 unspecified atom stereocenters. The molecule has 3 heteroatoms. The number of rotatable bonds is 0. The molecule has 0 saturated carbocycles. The summed E-state index contributed by atoms with van der Waals surface area (Å²) in [4.78, 5) is 0. The topological polar surface area (TPSA) is 0 Å². The molecule has 2 aromatic rings. The van der Waals surface area contributed by atoms with Gasteiger partial charge in [-0.15, -0.1) is 36.6 Å². The van der Waals surface area contributed by atoms with Crippen LogP contribution >= 0.6 is 0 Å². The maximum Gasteiger partial charge on any atom is 4.00 e. The summed E-state index contributed by atoms with van der Waals surface area (Å²) in [6.07, 6.45) is 3.36. The SMILES string of the molecule is CC1=[C-]C(C)C(C)=C1C.[Cl-].[Cl-].[Ti+4].c1ccc2[cH-]ccc2c1. The molecule has 2 aromatic carbocycles. The molecule has 0 aromatic heterocycles. The number of fused-ring (bicyclic) bond motifs is 1. The number of hydrogen-bond acceptors (Lipinski definition) is 0. The van der Waals surface area contributed by atoms with E-state index in [9.17, 15) is 0 Å². The van der Waals surface area contributed by atoms with Crippen molar-refractivity contribution >= 4 is 10.8 Å². The minimum atomic E-state index is 0. The largest absolute Gasteiger partial charge is 4.00 e. The van der Waals surface area contributed by atoms with Crippen molar-refractivity contribution in [2.75, 3.05) is 0 Å². The van der Waals surface area contributed by atoms with E-state index < -0.39 is 0 Å². The maximum atomic E-state index is 3.36. The van der Waals surface area contributed by atoms with Gasteiger partial charge in [-0.2, -0.15) is 28.7 Å². The molecule has 0 N–H and O–H groups in total. The average molecular weight is 355 g/mol. The smallest absolute Gasteiger partial charge is 1.00 e. The molecule has 0 bridgehead atoms. The molecule has 1 aliphatic carbocycles. The van der Waals surface area contributed by atoms with Gasteiger partial charge in [0.2, 0.25) is 0 Å². The summed E-state index contributed by atoms with van der Waals surface area (Å²) in [5, 5.41) is 2.66. The van der Waals surface area contributed by atoms with Gasteiger partial charge in [0.1, 0.15) is 0 Å². The molecule has 21 heavy (non-hydrogen) atoms. The van der Waals surface area contributed by atoms with Crippen LogP contribution in [0.2, 0.25) is 0 Å². The van der Waals surface area contributed by atoms with Gasteiger partial charge in [0.05, 0.1) is 0 Å². The Labute approximate surface area is 155 Å². The Morgan fingerprint density at radius 3 is 2.05 bits per heavy atom. The van der Waals surface area contributed by atoms with Gasteiger partial charge in [-0.3, -0.25) is 6.08 Å². The van der Waals surface area contributed by atoms with Gasteiger partial charge in [-0.1, -0.05) is 32.8 Å². The Balaban J connectivity index is 0. The van der Waals surface area contributed by atoms with Crippen molar-refractivity contribution in [3.8, 4) is 0 Å². The van der Waals surface area contributed by atoms with E-state index >= 15 is 0 Å². The summed E-state index contributed by atoms with van der Waals surface area (Å²) in [5.74, 6) is 0.560. The fourth-order valence-corrected chi connectivity index (χ4v) is 2.23. The van der Waals surface area contributed by atoms with Crippen LogP contribution in [0.3, 0.4) is 0 Å². The van der Waals surface area contributed by atoms with Crippen LogP contribution < -0.4 is 24.8 Å². The Morgan fingerprint density at radius 2 is 1.62 bits per heavy atom. The van der Waals surface area contributed by atoms with Crippen LogP contribution in [-0.2, 0) is 21.7 Å². The first-order valence-electron chi connectivity index (χ1n) is 6.48. The zero-order valence-electron chi connectivity index (χ0n) is 12.9. The molecule has 0 radical (unpaired) electrons. The van der Waals surface area contributed by atoms with Gasteiger partial charge >= 0.3 is 21.7 Å². The first-order valence-corrected chi connectivity index (χ1v) is 6.48. The zero-order chi connectivity index (χ0) is 13.1. The van der Waals surface area contributed by atoms with Crippen molar-refractivity contribution in [2.45, 2.75) is 27.7 Å². The van der Waals surface area contributed by atoms with Gasteiger partial charge < -0.3 is 24.8 Å². The zero-order valence-corrected chi connectivity index (χ0v) is 15.9. The molecule has 0 spiro atoms. The molecule has 0 fully saturated rings. The minimum absolute atomic E-state index is 0.